The van der Waals surface area contributed by atoms with Crippen LogP contribution < -0.4 is 10.1 Å². The van der Waals surface area contributed by atoms with Gasteiger partial charge in [-0.25, -0.2) is 0 Å². The number of anilines is 1. The Labute approximate surface area is 153 Å². The van der Waals surface area contributed by atoms with Gasteiger partial charge < -0.3 is 10.1 Å². The molecule has 0 aromatic heterocycles. The Morgan fingerprint density at radius 1 is 1.19 bits per heavy atom. The van der Waals surface area contributed by atoms with Crippen molar-refractivity contribution in [2.75, 3.05) is 11.9 Å². The molecule has 6 nitrogen and oxygen atoms in total. The van der Waals surface area contributed by atoms with Crippen LogP contribution in [0.5, 0.6) is 5.75 Å². The van der Waals surface area contributed by atoms with E-state index in [1.807, 2.05) is 24.3 Å². The number of nitrogens with one attached hydrogen (secondary N) is 1. The second-order valence-corrected chi connectivity index (χ2v) is 6.48. The predicted molar refractivity (Wildman–Crippen MR) is 102 cm³/mol. The molecule has 0 bridgehead atoms. The summed E-state index contributed by atoms with van der Waals surface area (Å²) < 4.78 is 5.64. The van der Waals surface area contributed by atoms with Crippen LogP contribution in [-0.2, 0) is 4.79 Å². The van der Waals surface area contributed by atoms with E-state index in [1.165, 1.54) is 11.6 Å². The Balaban J connectivity index is 1.77. The molecule has 0 aliphatic heterocycles. The Morgan fingerprint density at radius 2 is 1.88 bits per heavy atom. The van der Waals surface area contributed by atoms with E-state index in [9.17, 15) is 14.9 Å². The third-order valence-corrected chi connectivity index (χ3v) is 4.05. The molecule has 0 unspecified atom stereocenters. The first kappa shape index (κ1) is 19.4. The lowest BCUT2D eigenvalue weighted by Gasteiger charge is -2.09. The van der Waals surface area contributed by atoms with Crippen LogP contribution in [0.15, 0.2) is 42.5 Å². The van der Waals surface area contributed by atoms with E-state index >= 15 is 0 Å². The smallest absolute Gasteiger partial charge is 0.274 e. The topological polar surface area (TPSA) is 81.5 Å². The number of rotatable bonds is 8. The minimum absolute atomic E-state index is 0.00372. The average molecular weight is 356 g/mol. The molecule has 1 N–H and O–H groups in total. The number of amides is 1. The summed E-state index contributed by atoms with van der Waals surface area (Å²) in [5, 5.41) is 13.6. The van der Waals surface area contributed by atoms with Crippen LogP contribution in [0, 0.1) is 17.0 Å². The maximum atomic E-state index is 12.0. The van der Waals surface area contributed by atoms with E-state index in [4.69, 9.17) is 4.74 Å². The van der Waals surface area contributed by atoms with Crippen molar-refractivity contribution in [2.24, 2.45) is 0 Å². The van der Waals surface area contributed by atoms with Gasteiger partial charge in [-0.3, -0.25) is 14.9 Å². The normalized spacial score (nSPS) is 10.6. The minimum atomic E-state index is -0.455. The highest BCUT2D eigenvalue weighted by molar-refractivity contribution is 5.91. The zero-order valence-electron chi connectivity index (χ0n) is 15.3. The Morgan fingerprint density at radius 3 is 2.50 bits per heavy atom. The summed E-state index contributed by atoms with van der Waals surface area (Å²) in [6.45, 7) is 6.37. The van der Waals surface area contributed by atoms with Gasteiger partial charge in [0, 0.05) is 23.7 Å². The number of ether oxygens (including phenoxy) is 1. The molecule has 0 aliphatic carbocycles. The molecule has 0 heterocycles. The van der Waals surface area contributed by atoms with E-state index in [0.717, 1.165) is 5.75 Å². The van der Waals surface area contributed by atoms with Crippen LogP contribution in [0.4, 0.5) is 11.4 Å². The molecule has 138 valence electrons. The van der Waals surface area contributed by atoms with Gasteiger partial charge in [0.15, 0.2) is 0 Å². The quantitative estimate of drug-likeness (QED) is 0.417. The average Bonchev–Trinajstić information content (AvgIpc) is 2.60. The van der Waals surface area contributed by atoms with Gasteiger partial charge in [0.05, 0.1) is 11.5 Å². The predicted octanol–water partition coefficient (Wildman–Crippen LogP) is 4.82. The standard InChI is InChI=1S/C20H24N2O4/c1-14(2)16-7-10-18(11-8-16)26-12-4-5-20(23)21-17-9-6-15(3)19(13-17)22(24)25/h6-11,13-14H,4-5,12H2,1-3H3,(H,21,23). The number of benzene rings is 2. The zero-order valence-corrected chi connectivity index (χ0v) is 15.3. The van der Waals surface area contributed by atoms with Crippen molar-refractivity contribution in [3.05, 3.63) is 63.7 Å². The molecule has 0 saturated heterocycles. The summed E-state index contributed by atoms with van der Waals surface area (Å²) in [6.07, 6.45) is 0.845. The summed E-state index contributed by atoms with van der Waals surface area (Å²) in [6, 6.07) is 12.6. The number of nitro groups is 1. The summed E-state index contributed by atoms with van der Waals surface area (Å²) in [5.41, 5.74) is 2.24. The van der Waals surface area contributed by atoms with Crippen molar-refractivity contribution in [2.45, 2.75) is 39.5 Å². The molecule has 6 heteroatoms. The van der Waals surface area contributed by atoms with E-state index in [0.29, 0.717) is 30.2 Å². The maximum Gasteiger partial charge on any atom is 0.274 e. The highest BCUT2D eigenvalue weighted by Crippen LogP contribution is 2.22. The fourth-order valence-electron chi connectivity index (χ4n) is 2.48. The third-order valence-electron chi connectivity index (χ3n) is 4.05. The van der Waals surface area contributed by atoms with Crippen LogP contribution in [0.25, 0.3) is 0 Å². The van der Waals surface area contributed by atoms with Crippen molar-refractivity contribution in [3.63, 3.8) is 0 Å². The summed E-state index contributed by atoms with van der Waals surface area (Å²) in [7, 11) is 0. The molecule has 0 saturated carbocycles. The second-order valence-electron chi connectivity index (χ2n) is 6.48. The van der Waals surface area contributed by atoms with E-state index < -0.39 is 4.92 Å². The largest absolute Gasteiger partial charge is 0.494 e. The number of carbonyl (C=O) groups is 1. The van der Waals surface area contributed by atoms with Crippen LogP contribution in [0.1, 0.15) is 43.7 Å². The Bertz CT molecular complexity index is 770. The van der Waals surface area contributed by atoms with Gasteiger partial charge in [-0.1, -0.05) is 32.0 Å². The lowest BCUT2D eigenvalue weighted by molar-refractivity contribution is -0.385. The van der Waals surface area contributed by atoms with Crippen LogP contribution >= 0.6 is 0 Å². The van der Waals surface area contributed by atoms with Gasteiger partial charge in [0.2, 0.25) is 5.91 Å². The van der Waals surface area contributed by atoms with Gasteiger partial charge in [-0.15, -0.1) is 0 Å². The number of carbonyl (C=O) groups excluding carboxylic acids is 1. The fraction of sp³-hybridized carbons (Fsp3) is 0.350. The van der Waals surface area contributed by atoms with Gasteiger partial charge in [0.1, 0.15) is 5.75 Å². The molecule has 0 fully saturated rings. The fourth-order valence-corrected chi connectivity index (χ4v) is 2.48. The summed E-state index contributed by atoms with van der Waals surface area (Å²) >= 11 is 0. The van der Waals surface area contributed by atoms with Crippen molar-refractivity contribution in [1.29, 1.82) is 0 Å². The molecule has 1 amide bonds. The number of nitrogens with zero attached hydrogens (tertiary/aromatic N) is 1. The number of hydrogen-bond acceptors (Lipinski definition) is 4. The molecule has 0 atom stereocenters. The summed E-state index contributed by atoms with van der Waals surface area (Å²) in [4.78, 5) is 22.5. The molecule has 2 aromatic carbocycles. The number of hydrogen-bond donors (Lipinski definition) is 1. The molecule has 2 aromatic rings. The van der Waals surface area contributed by atoms with Gasteiger partial charge in [-0.05, 0) is 43.0 Å². The zero-order chi connectivity index (χ0) is 19.1. The molecule has 0 spiro atoms. The molecular formula is C20H24N2O4. The van der Waals surface area contributed by atoms with Crippen LogP contribution in [-0.4, -0.2) is 17.4 Å². The van der Waals surface area contributed by atoms with Crippen molar-refractivity contribution in [1.82, 2.24) is 0 Å². The molecule has 2 rings (SSSR count). The number of nitro benzene ring substituents is 1. The molecule has 0 aliphatic rings. The lowest BCUT2D eigenvalue weighted by Crippen LogP contribution is -2.13. The molecular weight excluding hydrogens is 332 g/mol. The van der Waals surface area contributed by atoms with E-state index in [2.05, 4.69) is 19.2 Å². The first-order valence-corrected chi connectivity index (χ1v) is 8.64. The van der Waals surface area contributed by atoms with Crippen molar-refractivity contribution < 1.29 is 14.5 Å². The minimum Gasteiger partial charge on any atom is -0.494 e. The third kappa shape index (κ3) is 5.58. The SMILES string of the molecule is Cc1ccc(NC(=O)CCCOc2ccc(C(C)C)cc2)cc1[N+](=O)[O-]. The molecule has 0 radical (unpaired) electrons. The van der Waals surface area contributed by atoms with Crippen molar-refractivity contribution >= 4 is 17.3 Å². The highest BCUT2D eigenvalue weighted by atomic mass is 16.6. The first-order valence-electron chi connectivity index (χ1n) is 8.64. The van der Waals surface area contributed by atoms with Gasteiger partial charge in [-0.2, -0.15) is 0 Å². The Kier molecular flexibility index (Phi) is 6.72. The van der Waals surface area contributed by atoms with Gasteiger partial charge >= 0.3 is 0 Å². The van der Waals surface area contributed by atoms with E-state index in [1.54, 1.807) is 19.1 Å². The summed E-state index contributed by atoms with van der Waals surface area (Å²) in [5.74, 6) is 1.07. The highest BCUT2D eigenvalue weighted by Gasteiger charge is 2.12. The van der Waals surface area contributed by atoms with Crippen LogP contribution in [0.2, 0.25) is 0 Å². The van der Waals surface area contributed by atoms with Crippen molar-refractivity contribution in [3.8, 4) is 5.75 Å². The molecule has 26 heavy (non-hydrogen) atoms. The Hall–Kier alpha value is -2.89. The monoisotopic (exact) mass is 356 g/mol. The van der Waals surface area contributed by atoms with E-state index in [-0.39, 0.29) is 18.0 Å². The van der Waals surface area contributed by atoms with Crippen LogP contribution in [0.3, 0.4) is 0 Å². The first-order chi connectivity index (χ1) is 12.4. The number of aryl methyl sites for hydroxylation is 1. The second kappa shape index (κ2) is 8.99. The maximum absolute atomic E-state index is 12.0. The lowest BCUT2D eigenvalue weighted by atomic mass is 10.0. The van der Waals surface area contributed by atoms with Gasteiger partial charge in [0.25, 0.3) is 5.69 Å².